The van der Waals surface area contributed by atoms with E-state index in [1.165, 1.54) is 20.1 Å². The van der Waals surface area contributed by atoms with Gasteiger partial charge in [-0.25, -0.2) is 9.59 Å². The molecule has 1 saturated heterocycles. The minimum absolute atomic E-state index is 0.0549. The van der Waals surface area contributed by atoms with Gasteiger partial charge < -0.3 is 20.7 Å². The number of esters is 1. The van der Waals surface area contributed by atoms with Gasteiger partial charge in [0, 0.05) is 12.5 Å². The van der Waals surface area contributed by atoms with Crippen molar-refractivity contribution in [2.45, 2.75) is 52.1 Å². The van der Waals surface area contributed by atoms with Crippen LogP contribution in [0, 0.1) is 11.8 Å². The lowest BCUT2D eigenvalue weighted by atomic mass is 9.98. The lowest BCUT2D eigenvalue weighted by molar-refractivity contribution is -0.143. The normalized spacial score (nSPS) is 19.1. The fourth-order valence-corrected chi connectivity index (χ4v) is 2.81. The van der Waals surface area contributed by atoms with Crippen molar-refractivity contribution in [1.82, 2.24) is 16.0 Å². The fourth-order valence-electron chi connectivity index (χ4n) is 2.81. The molecule has 1 aliphatic rings. The highest BCUT2D eigenvalue weighted by molar-refractivity contribution is 5.88. The minimum atomic E-state index is -0.757. The van der Waals surface area contributed by atoms with Gasteiger partial charge in [-0.1, -0.05) is 19.9 Å². The summed E-state index contributed by atoms with van der Waals surface area (Å²) < 4.78 is 4.73. The van der Waals surface area contributed by atoms with E-state index in [0.717, 1.165) is 0 Å². The largest absolute Gasteiger partial charge is 0.467 e. The van der Waals surface area contributed by atoms with Gasteiger partial charge in [0.2, 0.25) is 5.91 Å². The lowest BCUT2D eigenvalue weighted by Gasteiger charge is -2.22. The predicted molar refractivity (Wildman–Crippen MR) is 96.3 cm³/mol. The van der Waals surface area contributed by atoms with E-state index in [0.29, 0.717) is 25.8 Å². The molecule has 0 aromatic heterocycles. The van der Waals surface area contributed by atoms with Gasteiger partial charge in [0.1, 0.15) is 6.04 Å². The summed E-state index contributed by atoms with van der Waals surface area (Å²) in [5.74, 6) is -0.750. The average molecular weight is 367 g/mol. The summed E-state index contributed by atoms with van der Waals surface area (Å²) in [6.45, 7) is 5.89. The monoisotopic (exact) mass is 367 g/mol. The van der Waals surface area contributed by atoms with Crippen LogP contribution in [0.3, 0.4) is 0 Å². The first kappa shape index (κ1) is 21.7. The molecule has 0 aliphatic carbocycles. The Morgan fingerprint density at radius 3 is 2.50 bits per heavy atom. The third-order valence-corrected chi connectivity index (χ3v) is 4.08. The third kappa shape index (κ3) is 7.67. The van der Waals surface area contributed by atoms with Gasteiger partial charge in [-0.3, -0.25) is 9.59 Å². The number of urea groups is 1. The van der Waals surface area contributed by atoms with Crippen LogP contribution in [0.5, 0.6) is 0 Å². The SMILES string of the molecule is COC(=O)[C@H](CC(C)C)NC(=O)N[C@H](/C=C/C(C)=O)C[C@@H]1CCNC1=O. The van der Waals surface area contributed by atoms with Crippen molar-refractivity contribution < 1.29 is 23.9 Å². The van der Waals surface area contributed by atoms with Crippen molar-refractivity contribution in [2.75, 3.05) is 13.7 Å². The number of rotatable bonds is 9. The molecular formula is C18H29N3O5. The number of amides is 3. The molecule has 8 heteroatoms. The first-order chi connectivity index (χ1) is 12.2. The summed E-state index contributed by atoms with van der Waals surface area (Å²) in [5.41, 5.74) is 0. The van der Waals surface area contributed by atoms with E-state index >= 15 is 0 Å². The highest BCUT2D eigenvalue weighted by atomic mass is 16.5. The molecule has 8 nitrogen and oxygen atoms in total. The molecule has 0 spiro atoms. The van der Waals surface area contributed by atoms with Crippen LogP contribution in [0.1, 0.15) is 40.0 Å². The Morgan fingerprint density at radius 1 is 1.31 bits per heavy atom. The molecule has 0 aromatic rings. The zero-order valence-corrected chi connectivity index (χ0v) is 15.8. The molecule has 1 fully saturated rings. The quantitative estimate of drug-likeness (QED) is 0.414. The number of carbonyl (C=O) groups is 4. The minimum Gasteiger partial charge on any atom is -0.467 e. The smallest absolute Gasteiger partial charge is 0.328 e. The Bertz CT molecular complexity index is 559. The number of carbonyl (C=O) groups excluding carboxylic acids is 4. The summed E-state index contributed by atoms with van der Waals surface area (Å²) in [7, 11) is 1.27. The van der Waals surface area contributed by atoms with Gasteiger partial charge in [-0.05, 0) is 38.2 Å². The highest BCUT2D eigenvalue weighted by Gasteiger charge is 2.28. The Balaban J connectivity index is 2.74. The maximum atomic E-state index is 12.3. The molecule has 0 radical (unpaired) electrons. The van der Waals surface area contributed by atoms with Gasteiger partial charge in [-0.15, -0.1) is 0 Å². The van der Waals surface area contributed by atoms with E-state index in [4.69, 9.17) is 4.74 Å². The van der Waals surface area contributed by atoms with E-state index in [1.807, 2.05) is 13.8 Å². The summed E-state index contributed by atoms with van der Waals surface area (Å²) >= 11 is 0. The standard InChI is InChI=1S/C18H29N3O5/c1-11(2)9-15(17(24)26-4)21-18(25)20-14(6-5-12(3)22)10-13-7-8-19-16(13)23/h5-6,11,13-15H,7-10H2,1-4H3,(H,19,23)(H2,20,21,25)/b6-5+/t13-,14+,15-/m0/s1. The van der Waals surface area contributed by atoms with E-state index in [1.54, 1.807) is 6.08 Å². The van der Waals surface area contributed by atoms with Crippen molar-refractivity contribution in [3.63, 3.8) is 0 Å². The summed E-state index contributed by atoms with van der Waals surface area (Å²) in [4.78, 5) is 47.1. The van der Waals surface area contributed by atoms with Gasteiger partial charge in [0.25, 0.3) is 0 Å². The zero-order valence-electron chi connectivity index (χ0n) is 15.8. The van der Waals surface area contributed by atoms with Crippen LogP contribution >= 0.6 is 0 Å². The zero-order chi connectivity index (χ0) is 19.7. The van der Waals surface area contributed by atoms with Crippen LogP contribution in [-0.2, 0) is 19.1 Å². The van der Waals surface area contributed by atoms with E-state index in [-0.39, 0.29) is 23.5 Å². The molecule has 1 aliphatic heterocycles. The number of methoxy groups -OCH3 is 1. The summed E-state index contributed by atoms with van der Waals surface area (Å²) in [6.07, 6.45) is 4.45. The van der Waals surface area contributed by atoms with Crippen molar-refractivity contribution >= 4 is 23.7 Å². The highest BCUT2D eigenvalue weighted by Crippen LogP contribution is 2.17. The average Bonchev–Trinajstić information content (AvgIpc) is 2.95. The fraction of sp³-hybridized carbons (Fsp3) is 0.667. The molecule has 3 N–H and O–H groups in total. The predicted octanol–water partition coefficient (Wildman–Crippen LogP) is 0.913. The van der Waals surface area contributed by atoms with Crippen LogP contribution in [-0.4, -0.2) is 49.4 Å². The second-order valence-electron chi connectivity index (χ2n) is 6.91. The molecule has 3 atom stereocenters. The number of nitrogens with one attached hydrogen (secondary N) is 3. The van der Waals surface area contributed by atoms with Crippen LogP contribution in [0.25, 0.3) is 0 Å². The van der Waals surface area contributed by atoms with Crippen molar-refractivity contribution in [1.29, 1.82) is 0 Å². The van der Waals surface area contributed by atoms with Crippen molar-refractivity contribution in [2.24, 2.45) is 11.8 Å². The number of hydrogen-bond donors (Lipinski definition) is 3. The van der Waals surface area contributed by atoms with Crippen LogP contribution in [0.4, 0.5) is 4.79 Å². The summed E-state index contributed by atoms with van der Waals surface area (Å²) in [5, 5.41) is 8.08. The number of ketones is 1. The maximum Gasteiger partial charge on any atom is 0.328 e. The third-order valence-electron chi connectivity index (χ3n) is 4.08. The Labute approximate surface area is 154 Å². The Hall–Kier alpha value is -2.38. The van der Waals surface area contributed by atoms with Crippen molar-refractivity contribution in [3.05, 3.63) is 12.2 Å². The van der Waals surface area contributed by atoms with Crippen molar-refractivity contribution in [3.8, 4) is 0 Å². The number of ether oxygens (including phenoxy) is 1. The number of hydrogen-bond acceptors (Lipinski definition) is 5. The molecule has 1 heterocycles. The van der Waals surface area contributed by atoms with Gasteiger partial charge in [0.15, 0.2) is 5.78 Å². The van der Waals surface area contributed by atoms with E-state index < -0.39 is 24.1 Å². The molecule has 3 amide bonds. The molecule has 26 heavy (non-hydrogen) atoms. The Morgan fingerprint density at radius 2 is 2.00 bits per heavy atom. The van der Waals surface area contributed by atoms with Crippen LogP contribution in [0.2, 0.25) is 0 Å². The second-order valence-corrected chi connectivity index (χ2v) is 6.91. The molecule has 0 unspecified atom stereocenters. The van der Waals surface area contributed by atoms with Crippen LogP contribution in [0.15, 0.2) is 12.2 Å². The maximum absolute atomic E-state index is 12.3. The first-order valence-electron chi connectivity index (χ1n) is 8.84. The molecule has 0 aromatic carbocycles. The molecule has 0 saturated carbocycles. The molecular weight excluding hydrogens is 338 g/mol. The number of allylic oxidation sites excluding steroid dienone is 1. The second kappa shape index (κ2) is 10.6. The van der Waals surface area contributed by atoms with E-state index in [9.17, 15) is 19.2 Å². The first-order valence-corrected chi connectivity index (χ1v) is 8.84. The Kier molecular flexibility index (Phi) is 8.81. The van der Waals surface area contributed by atoms with Gasteiger partial charge >= 0.3 is 12.0 Å². The summed E-state index contributed by atoms with van der Waals surface area (Å²) in [6, 6.07) is -1.80. The van der Waals surface area contributed by atoms with Gasteiger partial charge in [0.05, 0.1) is 13.2 Å². The lowest BCUT2D eigenvalue weighted by Crippen LogP contribution is -2.49. The van der Waals surface area contributed by atoms with Gasteiger partial charge in [-0.2, -0.15) is 0 Å². The molecule has 146 valence electrons. The van der Waals surface area contributed by atoms with Crippen LogP contribution < -0.4 is 16.0 Å². The molecule has 0 bridgehead atoms. The molecule has 1 rings (SSSR count). The topological polar surface area (TPSA) is 114 Å². The van der Waals surface area contributed by atoms with E-state index in [2.05, 4.69) is 16.0 Å².